The van der Waals surface area contributed by atoms with Gasteiger partial charge < -0.3 is 14.5 Å². The molecule has 0 saturated carbocycles. The van der Waals surface area contributed by atoms with Crippen LogP contribution in [0.5, 0.6) is 5.75 Å². The lowest BCUT2D eigenvalue weighted by Crippen LogP contribution is -2.22. The van der Waals surface area contributed by atoms with Crippen LogP contribution in [0.4, 0.5) is 0 Å². The number of hydrogen-bond donors (Lipinski definition) is 1. The standard InChI is InChI=1S/C18H18ClNO5/c1-18(2,3)25-14(21)8-7-12-15(22)11-6-5-10(19)9-13(11)20-17(23)16(12)24-4/h5-9H,1-4H3,(H,20,23). The van der Waals surface area contributed by atoms with Gasteiger partial charge in [0, 0.05) is 16.5 Å². The highest BCUT2D eigenvalue weighted by Crippen LogP contribution is 2.17. The van der Waals surface area contributed by atoms with Crippen molar-refractivity contribution in [1.82, 2.24) is 4.98 Å². The topological polar surface area (TPSA) is 85.5 Å². The molecule has 1 aromatic heterocycles. The maximum atomic E-state index is 12.8. The SMILES string of the molecule is COc1c(C=CC(=O)OC(C)(C)C)c(=O)c2ccc(Cl)cc2[nH]c1=O. The lowest BCUT2D eigenvalue weighted by molar-refractivity contribution is -0.148. The van der Waals surface area contributed by atoms with Gasteiger partial charge in [0.2, 0.25) is 0 Å². The Bertz CT molecular complexity index is 970. The summed E-state index contributed by atoms with van der Waals surface area (Å²) in [5.74, 6) is -0.832. The predicted molar refractivity (Wildman–Crippen MR) is 97.3 cm³/mol. The second-order valence-electron chi connectivity index (χ2n) is 6.29. The van der Waals surface area contributed by atoms with Crippen molar-refractivity contribution in [2.45, 2.75) is 26.4 Å². The molecule has 0 aliphatic carbocycles. The largest absolute Gasteiger partial charge is 0.491 e. The van der Waals surface area contributed by atoms with E-state index in [9.17, 15) is 14.4 Å². The third-order valence-electron chi connectivity index (χ3n) is 3.17. The zero-order valence-electron chi connectivity index (χ0n) is 14.3. The molecular formula is C18H18ClNO5. The Hall–Kier alpha value is -2.60. The second kappa shape index (κ2) is 7.11. The summed E-state index contributed by atoms with van der Waals surface area (Å²) in [5, 5.41) is 0.618. The van der Waals surface area contributed by atoms with Crippen LogP contribution in [0.1, 0.15) is 26.3 Å². The number of fused-ring (bicyclic) bond motifs is 1. The summed E-state index contributed by atoms with van der Waals surface area (Å²) in [5.41, 5.74) is -1.53. The number of aromatic amines is 1. The molecular weight excluding hydrogens is 346 g/mol. The fourth-order valence-corrected chi connectivity index (χ4v) is 2.38. The number of nitrogens with one attached hydrogen (secondary N) is 1. The molecule has 132 valence electrons. The number of methoxy groups -OCH3 is 1. The van der Waals surface area contributed by atoms with Gasteiger partial charge in [-0.2, -0.15) is 0 Å². The summed E-state index contributed by atoms with van der Waals surface area (Å²) in [6.45, 7) is 5.18. The van der Waals surface area contributed by atoms with Gasteiger partial charge in [0.25, 0.3) is 5.56 Å². The molecule has 0 unspecified atom stereocenters. The zero-order chi connectivity index (χ0) is 18.8. The minimum absolute atomic E-state index is 0.0491. The summed E-state index contributed by atoms with van der Waals surface area (Å²) in [4.78, 5) is 39.5. The lowest BCUT2D eigenvalue weighted by Gasteiger charge is -2.17. The van der Waals surface area contributed by atoms with Gasteiger partial charge in [-0.1, -0.05) is 11.6 Å². The summed E-state index contributed by atoms with van der Waals surface area (Å²) in [6.07, 6.45) is 2.31. The van der Waals surface area contributed by atoms with E-state index in [0.717, 1.165) is 6.08 Å². The van der Waals surface area contributed by atoms with Crippen molar-refractivity contribution in [3.63, 3.8) is 0 Å². The van der Waals surface area contributed by atoms with E-state index >= 15 is 0 Å². The van der Waals surface area contributed by atoms with Gasteiger partial charge in [0.15, 0.2) is 11.2 Å². The summed E-state index contributed by atoms with van der Waals surface area (Å²) >= 11 is 5.91. The predicted octanol–water partition coefficient (Wildman–Crippen LogP) is 2.91. The lowest BCUT2D eigenvalue weighted by atomic mass is 10.1. The van der Waals surface area contributed by atoms with Crippen molar-refractivity contribution in [2.75, 3.05) is 7.11 Å². The number of halogens is 1. The van der Waals surface area contributed by atoms with Gasteiger partial charge in [-0.25, -0.2) is 4.79 Å². The van der Waals surface area contributed by atoms with Crippen LogP contribution in [0.15, 0.2) is 33.9 Å². The number of H-pyrrole nitrogens is 1. The number of carbonyl (C=O) groups excluding carboxylic acids is 1. The molecule has 0 saturated heterocycles. The van der Waals surface area contributed by atoms with Gasteiger partial charge in [-0.15, -0.1) is 0 Å². The molecule has 1 heterocycles. The van der Waals surface area contributed by atoms with Crippen molar-refractivity contribution in [3.05, 3.63) is 55.4 Å². The highest BCUT2D eigenvalue weighted by Gasteiger charge is 2.16. The van der Waals surface area contributed by atoms with Crippen LogP contribution >= 0.6 is 11.6 Å². The molecule has 1 N–H and O–H groups in total. The van der Waals surface area contributed by atoms with Crippen LogP contribution in [-0.2, 0) is 9.53 Å². The number of rotatable bonds is 3. The van der Waals surface area contributed by atoms with Gasteiger partial charge in [-0.3, -0.25) is 9.59 Å². The van der Waals surface area contributed by atoms with Crippen molar-refractivity contribution >= 4 is 34.5 Å². The molecule has 6 nitrogen and oxygen atoms in total. The average molecular weight is 364 g/mol. The summed E-state index contributed by atoms with van der Waals surface area (Å²) < 4.78 is 10.2. The maximum absolute atomic E-state index is 12.8. The van der Waals surface area contributed by atoms with Crippen molar-refractivity contribution in [2.24, 2.45) is 0 Å². The van der Waals surface area contributed by atoms with E-state index in [2.05, 4.69) is 4.98 Å². The Morgan fingerprint density at radius 1 is 1.24 bits per heavy atom. The number of esters is 1. The quantitative estimate of drug-likeness (QED) is 0.669. The van der Waals surface area contributed by atoms with Crippen LogP contribution in [-0.4, -0.2) is 23.7 Å². The van der Waals surface area contributed by atoms with Gasteiger partial charge in [0.1, 0.15) is 5.60 Å². The number of ether oxygens (including phenoxy) is 2. The maximum Gasteiger partial charge on any atom is 0.331 e. The van der Waals surface area contributed by atoms with Gasteiger partial charge in [-0.05, 0) is 45.0 Å². The first-order valence-electron chi connectivity index (χ1n) is 7.47. The van der Waals surface area contributed by atoms with E-state index < -0.39 is 22.6 Å². The van der Waals surface area contributed by atoms with Crippen molar-refractivity contribution in [1.29, 1.82) is 0 Å². The highest BCUT2D eigenvalue weighted by molar-refractivity contribution is 6.31. The number of carbonyl (C=O) groups is 1. The molecule has 0 aliphatic heterocycles. The number of benzene rings is 1. The highest BCUT2D eigenvalue weighted by atomic mass is 35.5. The van der Waals surface area contributed by atoms with E-state index in [4.69, 9.17) is 21.1 Å². The molecule has 0 spiro atoms. The van der Waals surface area contributed by atoms with Gasteiger partial charge >= 0.3 is 5.97 Å². The molecule has 2 aromatic rings. The van der Waals surface area contributed by atoms with E-state index in [-0.39, 0.29) is 22.2 Å². The summed E-state index contributed by atoms with van der Waals surface area (Å²) in [7, 11) is 1.27. The second-order valence-corrected chi connectivity index (χ2v) is 6.72. The third-order valence-corrected chi connectivity index (χ3v) is 3.40. The Kier molecular flexibility index (Phi) is 5.33. The Morgan fingerprint density at radius 3 is 2.52 bits per heavy atom. The van der Waals surface area contributed by atoms with Crippen molar-refractivity contribution < 1.29 is 14.3 Å². The molecule has 0 aliphatic rings. The Balaban J connectivity index is 2.69. The minimum atomic E-state index is -0.673. The zero-order valence-corrected chi connectivity index (χ0v) is 15.1. The minimum Gasteiger partial charge on any atom is -0.491 e. The van der Waals surface area contributed by atoms with Crippen LogP contribution in [0.25, 0.3) is 17.0 Å². The molecule has 25 heavy (non-hydrogen) atoms. The monoisotopic (exact) mass is 363 g/mol. The fourth-order valence-electron chi connectivity index (χ4n) is 2.21. The Labute approximate surface area is 149 Å². The Morgan fingerprint density at radius 2 is 1.92 bits per heavy atom. The van der Waals surface area contributed by atoms with Crippen LogP contribution < -0.4 is 15.7 Å². The summed E-state index contributed by atoms with van der Waals surface area (Å²) in [6, 6.07) is 4.51. The average Bonchev–Trinajstić information content (AvgIpc) is 2.57. The number of hydrogen-bond acceptors (Lipinski definition) is 5. The molecule has 0 amide bonds. The first-order valence-corrected chi connectivity index (χ1v) is 7.85. The normalized spacial score (nSPS) is 11.7. The molecule has 0 bridgehead atoms. The third kappa shape index (κ3) is 4.48. The van der Waals surface area contributed by atoms with Crippen LogP contribution in [0, 0.1) is 0 Å². The molecule has 1 aromatic carbocycles. The van der Waals surface area contributed by atoms with E-state index in [0.29, 0.717) is 5.02 Å². The van der Waals surface area contributed by atoms with Crippen molar-refractivity contribution in [3.8, 4) is 5.75 Å². The molecule has 7 heteroatoms. The first-order chi connectivity index (χ1) is 11.6. The van der Waals surface area contributed by atoms with E-state index in [1.165, 1.54) is 31.4 Å². The first kappa shape index (κ1) is 18.7. The van der Waals surface area contributed by atoms with Gasteiger partial charge in [0.05, 0.1) is 18.2 Å². The van der Waals surface area contributed by atoms with E-state index in [1.54, 1.807) is 20.8 Å². The smallest absolute Gasteiger partial charge is 0.331 e. The molecule has 2 rings (SSSR count). The number of aromatic nitrogens is 1. The van der Waals surface area contributed by atoms with Crippen LogP contribution in [0.3, 0.4) is 0 Å². The molecule has 0 radical (unpaired) electrons. The van der Waals surface area contributed by atoms with Crippen LogP contribution in [0.2, 0.25) is 5.02 Å². The van der Waals surface area contributed by atoms with E-state index in [1.807, 2.05) is 0 Å². The fraction of sp³-hybridized carbons (Fsp3) is 0.278. The molecule has 0 atom stereocenters. The molecule has 0 fully saturated rings.